The molecule has 0 saturated heterocycles. The first-order valence-electron chi connectivity index (χ1n) is 6.83. The van der Waals surface area contributed by atoms with E-state index in [1.165, 1.54) is 18.2 Å². The molecular formula is C13H15N7O3. The number of hydrogen-bond donors (Lipinski definition) is 2. The minimum absolute atomic E-state index is 0.0170. The highest BCUT2D eigenvalue weighted by molar-refractivity contribution is 5.66. The number of azide groups is 1. The van der Waals surface area contributed by atoms with Gasteiger partial charge in [-0.25, -0.2) is 0 Å². The lowest BCUT2D eigenvalue weighted by atomic mass is 10.2. The van der Waals surface area contributed by atoms with Crippen molar-refractivity contribution >= 4 is 17.1 Å². The number of aliphatic hydroxyl groups excluding tert-OH is 1. The van der Waals surface area contributed by atoms with E-state index in [0.717, 1.165) is 5.56 Å². The Morgan fingerprint density at radius 2 is 2.35 bits per heavy atom. The molecule has 0 radical (unpaired) electrons. The average molecular weight is 317 g/mol. The predicted molar refractivity (Wildman–Crippen MR) is 83.4 cm³/mol. The van der Waals surface area contributed by atoms with E-state index in [1.54, 1.807) is 10.9 Å². The Morgan fingerprint density at radius 1 is 1.52 bits per heavy atom. The minimum Gasteiger partial charge on any atom is -0.394 e. The van der Waals surface area contributed by atoms with Gasteiger partial charge in [-0.3, -0.25) is 14.8 Å². The summed E-state index contributed by atoms with van der Waals surface area (Å²) < 4.78 is 1.63. The molecule has 120 valence electrons. The SMILES string of the molecule is [N-]=[N+]=Nc1ccc(NCCc2cnn(CCO)c2)c([N+](=O)[O-])c1. The van der Waals surface area contributed by atoms with E-state index in [4.69, 9.17) is 10.6 Å². The third kappa shape index (κ3) is 4.43. The van der Waals surface area contributed by atoms with Crippen molar-refractivity contribution in [2.45, 2.75) is 13.0 Å². The van der Waals surface area contributed by atoms with E-state index in [9.17, 15) is 10.1 Å². The average Bonchev–Trinajstić information content (AvgIpc) is 2.96. The number of nitrogens with one attached hydrogen (secondary N) is 1. The highest BCUT2D eigenvalue weighted by Crippen LogP contribution is 2.29. The molecule has 1 aromatic carbocycles. The number of nitro groups is 1. The molecule has 0 aliphatic heterocycles. The molecule has 0 unspecified atom stereocenters. The lowest BCUT2D eigenvalue weighted by molar-refractivity contribution is -0.383. The molecule has 1 heterocycles. The first-order valence-corrected chi connectivity index (χ1v) is 6.83. The molecule has 23 heavy (non-hydrogen) atoms. The molecule has 0 aliphatic rings. The van der Waals surface area contributed by atoms with Gasteiger partial charge in [0.25, 0.3) is 5.69 Å². The second-order valence-electron chi connectivity index (χ2n) is 4.66. The number of hydrogen-bond acceptors (Lipinski definition) is 6. The number of rotatable bonds is 8. The third-order valence-corrected chi connectivity index (χ3v) is 3.08. The van der Waals surface area contributed by atoms with Gasteiger partial charge in [-0.05, 0) is 23.6 Å². The van der Waals surface area contributed by atoms with E-state index in [0.29, 0.717) is 25.2 Å². The maximum Gasteiger partial charge on any atom is 0.292 e. The van der Waals surface area contributed by atoms with Crippen LogP contribution in [-0.2, 0) is 13.0 Å². The van der Waals surface area contributed by atoms with Crippen LogP contribution in [0.3, 0.4) is 0 Å². The molecule has 10 nitrogen and oxygen atoms in total. The number of nitro benzene ring substituents is 1. The summed E-state index contributed by atoms with van der Waals surface area (Å²) in [5.41, 5.74) is 9.73. The molecule has 2 N–H and O–H groups in total. The zero-order chi connectivity index (χ0) is 16.7. The van der Waals surface area contributed by atoms with Crippen molar-refractivity contribution in [1.82, 2.24) is 9.78 Å². The van der Waals surface area contributed by atoms with E-state index in [-0.39, 0.29) is 18.0 Å². The molecule has 0 amide bonds. The van der Waals surface area contributed by atoms with Crippen molar-refractivity contribution in [3.63, 3.8) is 0 Å². The molecule has 0 saturated carbocycles. The summed E-state index contributed by atoms with van der Waals surface area (Å²) in [6.45, 7) is 0.926. The quantitative estimate of drug-likeness (QED) is 0.253. The molecular weight excluding hydrogens is 302 g/mol. The molecule has 0 bridgehead atoms. The molecule has 10 heteroatoms. The fourth-order valence-electron chi connectivity index (χ4n) is 2.04. The number of nitrogens with zero attached hydrogens (tertiary/aromatic N) is 6. The van der Waals surface area contributed by atoms with Crippen LogP contribution >= 0.6 is 0 Å². The highest BCUT2D eigenvalue weighted by atomic mass is 16.6. The Kier molecular flexibility index (Phi) is 5.50. The third-order valence-electron chi connectivity index (χ3n) is 3.08. The maximum atomic E-state index is 11.1. The van der Waals surface area contributed by atoms with Crippen molar-refractivity contribution in [1.29, 1.82) is 0 Å². The van der Waals surface area contributed by atoms with Crippen LogP contribution in [0.25, 0.3) is 10.4 Å². The van der Waals surface area contributed by atoms with Gasteiger partial charge in [0.15, 0.2) is 0 Å². The van der Waals surface area contributed by atoms with Gasteiger partial charge in [0, 0.05) is 29.4 Å². The van der Waals surface area contributed by atoms with Gasteiger partial charge >= 0.3 is 0 Å². The smallest absolute Gasteiger partial charge is 0.292 e. The van der Waals surface area contributed by atoms with Gasteiger partial charge in [0.05, 0.1) is 24.3 Å². The van der Waals surface area contributed by atoms with Crippen LogP contribution < -0.4 is 5.32 Å². The zero-order valence-corrected chi connectivity index (χ0v) is 12.2. The van der Waals surface area contributed by atoms with Crippen LogP contribution in [0.2, 0.25) is 0 Å². The predicted octanol–water partition coefficient (Wildman–Crippen LogP) is 2.38. The molecule has 2 aromatic rings. The van der Waals surface area contributed by atoms with E-state index in [1.807, 2.05) is 6.20 Å². The maximum absolute atomic E-state index is 11.1. The lowest BCUT2D eigenvalue weighted by Gasteiger charge is -2.06. The Bertz CT molecular complexity index is 737. The second-order valence-corrected chi connectivity index (χ2v) is 4.66. The molecule has 0 spiro atoms. The molecule has 0 aliphatic carbocycles. The van der Waals surface area contributed by atoms with Crippen LogP contribution in [0.15, 0.2) is 35.7 Å². The van der Waals surface area contributed by atoms with Gasteiger partial charge in [-0.2, -0.15) is 5.10 Å². The van der Waals surface area contributed by atoms with Crippen LogP contribution in [0.4, 0.5) is 17.1 Å². The number of anilines is 1. The normalized spacial score (nSPS) is 10.1. The Labute approximate surface area is 131 Å². The Morgan fingerprint density at radius 3 is 3.04 bits per heavy atom. The fourth-order valence-corrected chi connectivity index (χ4v) is 2.04. The fraction of sp³-hybridized carbons (Fsp3) is 0.308. The number of aliphatic hydroxyl groups is 1. The highest BCUT2D eigenvalue weighted by Gasteiger charge is 2.14. The first-order chi connectivity index (χ1) is 11.1. The second kappa shape index (κ2) is 7.78. The summed E-state index contributed by atoms with van der Waals surface area (Å²) in [4.78, 5) is 13.2. The van der Waals surface area contributed by atoms with Crippen molar-refractivity contribution in [2.75, 3.05) is 18.5 Å². The van der Waals surface area contributed by atoms with Gasteiger partial charge in [0.2, 0.25) is 0 Å². The van der Waals surface area contributed by atoms with Crippen molar-refractivity contribution < 1.29 is 10.0 Å². The van der Waals surface area contributed by atoms with Crippen molar-refractivity contribution in [2.24, 2.45) is 5.11 Å². The van der Waals surface area contributed by atoms with E-state index < -0.39 is 4.92 Å². The summed E-state index contributed by atoms with van der Waals surface area (Å²) in [6.07, 6.45) is 4.13. The zero-order valence-electron chi connectivity index (χ0n) is 12.2. The van der Waals surface area contributed by atoms with Crippen molar-refractivity contribution in [3.8, 4) is 0 Å². The molecule has 2 rings (SSSR count). The van der Waals surface area contributed by atoms with Gasteiger partial charge < -0.3 is 10.4 Å². The Hall–Kier alpha value is -3.10. The number of aromatic nitrogens is 2. The largest absolute Gasteiger partial charge is 0.394 e. The topological polar surface area (TPSA) is 142 Å². The molecule has 1 aromatic heterocycles. The van der Waals surface area contributed by atoms with E-state index in [2.05, 4.69) is 20.4 Å². The Balaban J connectivity index is 2.01. The summed E-state index contributed by atoms with van der Waals surface area (Å²) in [7, 11) is 0. The summed E-state index contributed by atoms with van der Waals surface area (Å²) >= 11 is 0. The van der Waals surface area contributed by atoms with E-state index >= 15 is 0 Å². The summed E-state index contributed by atoms with van der Waals surface area (Å²) in [5, 5.41) is 30.3. The standard InChI is InChI=1S/C13H15N7O3/c14-18-17-11-1-2-12(13(7-11)20(22)23)15-4-3-10-8-16-19(9-10)5-6-21/h1-2,7-9,15,21H,3-6H2. The summed E-state index contributed by atoms with van der Waals surface area (Å²) in [5.74, 6) is 0. The van der Waals surface area contributed by atoms with Gasteiger partial charge in [0.1, 0.15) is 5.69 Å². The first kappa shape index (κ1) is 16.3. The van der Waals surface area contributed by atoms with Crippen LogP contribution in [-0.4, -0.2) is 33.0 Å². The van der Waals surface area contributed by atoms with Gasteiger partial charge in [-0.15, -0.1) is 0 Å². The van der Waals surface area contributed by atoms with Crippen LogP contribution in [0, 0.1) is 10.1 Å². The molecule has 0 atom stereocenters. The minimum atomic E-state index is -0.530. The van der Waals surface area contributed by atoms with Gasteiger partial charge in [-0.1, -0.05) is 11.2 Å². The van der Waals surface area contributed by atoms with Crippen LogP contribution in [0.5, 0.6) is 0 Å². The lowest BCUT2D eigenvalue weighted by Crippen LogP contribution is -2.06. The van der Waals surface area contributed by atoms with Crippen molar-refractivity contribution in [3.05, 3.63) is 56.7 Å². The molecule has 0 fully saturated rings. The number of benzene rings is 1. The van der Waals surface area contributed by atoms with Crippen LogP contribution in [0.1, 0.15) is 5.56 Å². The monoisotopic (exact) mass is 317 g/mol. The summed E-state index contributed by atoms with van der Waals surface area (Å²) in [6, 6.07) is 4.24.